The number of carboxylic acid groups (broad SMARTS) is 1. The molecule has 21 heavy (non-hydrogen) atoms. The third-order valence-corrected chi connectivity index (χ3v) is 4.47. The van der Waals surface area contributed by atoms with Crippen LogP contribution in [0.25, 0.3) is 11.2 Å². The van der Waals surface area contributed by atoms with Gasteiger partial charge in [0.25, 0.3) is 0 Å². The van der Waals surface area contributed by atoms with Gasteiger partial charge in [-0.2, -0.15) is 0 Å². The number of aliphatic carboxylic acids is 1. The fourth-order valence-corrected chi connectivity index (χ4v) is 3.28. The Balaban J connectivity index is 2.53. The number of hydrogen-bond acceptors (Lipinski definition) is 4. The van der Waals surface area contributed by atoms with Crippen molar-refractivity contribution in [3.8, 4) is 0 Å². The average molecular weight is 307 g/mol. The van der Waals surface area contributed by atoms with Crippen LogP contribution in [0.1, 0.15) is 44.7 Å². The lowest BCUT2D eigenvalue weighted by molar-refractivity contribution is -0.133. The van der Waals surface area contributed by atoms with Crippen molar-refractivity contribution >= 4 is 28.9 Å². The lowest BCUT2D eigenvalue weighted by Gasteiger charge is -2.18. The number of rotatable bonds is 7. The zero-order valence-electron chi connectivity index (χ0n) is 12.7. The average Bonchev–Trinajstić information content (AvgIpc) is 2.82. The van der Waals surface area contributed by atoms with Gasteiger partial charge in [0.15, 0.2) is 10.8 Å². The first kappa shape index (κ1) is 15.8. The van der Waals surface area contributed by atoms with Gasteiger partial charge in [0.05, 0.1) is 5.75 Å². The number of pyridine rings is 1. The highest BCUT2D eigenvalue weighted by molar-refractivity contribution is 7.99. The fraction of sp³-hybridized carbons (Fsp3) is 0.533. The van der Waals surface area contributed by atoms with Crippen molar-refractivity contribution in [3.05, 3.63) is 17.8 Å². The minimum absolute atomic E-state index is 0.0188. The molecule has 0 spiro atoms. The molecule has 0 aliphatic carbocycles. The molecule has 0 bridgehead atoms. The highest BCUT2D eigenvalue weighted by atomic mass is 32.2. The third-order valence-electron chi connectivity index (χ3n) is 3.53. The van der Waals surface area contributed by atoms with E-state index in [-0.39, 0.29) is 5.75 Å². The molecule has 114 valence electrons. The van der Waals surface area contributed by atoms with Crippen LogP contribution in [0.3, 0.4) is 0 Å². The SMILES string of the molecule is CCCC(CC)n1c(SCC(=O)O)nc2c(C)ccnc21. The van der Waals surface area contributed by atoms with Crippen LogP contribution >= 0.6 is 11.8 Å². The lowest BCUT2D eigenvalue weighted by Crippen LogP contribution is -2.11. The van der Waals surface area contributed by atoms with E-state index in [4.69, 9.17) is 5.11 Å². The van der Waals surface area contributed by atoms with Gasteiger partial charge in [-0.3, -0.25) is 4.79 Å². The Morgan fingerprint density at radius 2 is 2.24 bits per heavy atom. The molecule has 2 aromatic rings. The lowest BCUT2D eigenvalue weighted by atomic mass is 10.1. The molecule has 0 radical (unpaired) electrons. The maximum atomic E-state index is 10.9. The Morgan fingerprint density at radius 3 is 2.86 bits per heavy atom. The van der Waals surface area contributed by atoms with Crippen LogP contribution in [0.4, 0.5) is 0 Å². The summed E-state index contributed by atoms with van der Waals surface area (Å²) in [5, 5.41) is 9.68. The first-order chi connectivity index (χ1) is 10.1. The Labute approximate surface area is 128 Å². The van der Waals surface area contributed by atoms with E-state index in [2.05, 4.69) is 28.4 Å². The van der Waals surface area contributed by atoms with E-state index in [1.807, 2.05) is 13.0 Å². The second-order valence-corrected chi connectivity index (χ2v) is 6.04. The Hall–Kier alpha value is -1.56. The van der Waals surface area contributed by atoms with E-state index in [0.717, 1.165) is 41.1 Å². The molecule has 2 rings (SSSR count). The monoisotopic (exact) mass is 307 g/mol. The minimum Gasteiger partial charge on any atom is -0.481 e. The van der Waals surface area contributed by atoms with Gasteiger partial charge in [-0.05, 0) is 31.4 Å². The normalized spacial score (nSPS) is 12.7. The predicted octanol–water partition coefficient (Wildman–Crippen LogP) is 3.67. The zero-order valence-corrected chi connectivity index (χ0v) is 13.5. The molecule has 2 heterocycles. The number of hydrogen-bond donors (Lipinski definition) is 1. The zero-order chi connectivity index (χ0) is 15.4. The molecular weight excluding hydrogens is 286 g/mol. The second-order valence-electron chi connectivity index (χ2n) is 5.10. The van der Waals surface area contributed by atoms with Crippen molar-refractivity contribution in [2.45, 2.75) is 51.2 Å². The highest BCUT2D eigenvalue weighted by Crippen LogP contribution is 2.31. The first-order valence-electron chi connectivity index (χ1n) is 7.26. The highest BCUT2D eigenvalue weighted by Gasteiger charge is 2.20. The smallest absolute Gasteiger partial charge is 0.313 e. The predicted molar refractivity (Wildman–Crippen MR) is 84.9 cm³/mol. The Morgan fingerprint density at radius 1 is 1.48 bits per heavy atom. The quantitative estimate of drug-likeness (QED) is 0.790. The van der Waals surface area contributed by atoms with E-state index >= 15 is 0 Å². The summed E-state index contributed by atoms with van der Waals surface area (Å²) in [6.07, 6.45) is 4.89. The van der Waals surface area contributed by atoms with E-state index in [1.165, 1.54) is 11.8 Å². The van der Waals surface area contributed by atoms with E-state index in [9.17, 15) is 4.79 Å². The van der Waals surface area contributed by atoms with Crippen molar-refractivity contribution in [2.24, 2.45) is 0 Å². The third kappa shape index (κ3) is 3.37. The van der Waals surface area contributed by atoms with Crippen molar-refractivity contribution in [2.75, 3.05) is 5.75 Å². The maximum Gasteiger partial charge on any atom is 0.313 e. The van der Waals surface area contributed by atoms with Gasteiger partial charge < -0.3 is 9.67 Å². The van der Waals surface area contributed by atoms with Crippen LogP contribution in [0.5, 0.6) is 0 Å². The summed E-state index contributed by atoms with van der Waals surface area (Å²) in [5.74, 6) is -0.808. The van der Waals surface area contributed by atoms with Gasteiger partial charge in [-0.1, -0.05) is 32.0 Å². The first-order valence-corrected chi connectivity index (χ1v) is 8.25. The number of aryl methyl sites for hydroxylation is 1. The molecule has 1 N–H and O–H groups in total. The van der Waals surface area contributed by atoms with Crippen molar-refractivity contribution in [1.82, 2.24) is 14.5 Å². The van der Waals surface area contributed by atoms with Gasteiger partial charge in [0.1, 0.15) is 5.52 Å². The van der Waals surface area contributed by atoms with Gasteiger partial charge in [-0.15, -0.1) is 0 Å². The van der Waals surface area contributed by atoms with E-state index < -0.39 is 5.97 Å². The maximum absolute atomic E-state index is 10.9. The molecule has 0 amide bonds. The van der Waals surface area contributed by atoms with Crippen molar-refractivity contribution in [1.29, 1.82) is 0 Å². The number of carbonyl (C=O) groups is 1. The molecule has 0 aromatic carbocycles. The number of imidazole rings is 1. The van der Waals surface area contributed by atoms with Gasteiger partial charge in [0.2, 0.25) is 0 Å². The molecule has 0 fully saturated rings. The molecule has 0 saturated heterocycles. The Bertz CT molecular complexity index is 639. The molecule has 1 atom stereocenters. The van der Waals surface area contributed by atoms with Gasteiger partial charge in [-0.25, -0.2) is 9.97 Å². The van der Waals surface area contributed by atoms with Crippen molar-refractivity contribution in [3.63, 3.8) is 0 Å². The number of thioether (sulfide) groups is 1. The second kappa shape index (κ2) is 6.93. The number of nitrogens with zero attached hydrogens (tertiary/aromatic N) is 3. The summed E-state index contributed by atoms with van der Waals surface area (Å²) >= 11 is 1.27. The van der Waals surface area contributed by atoms with E-state index in [1.54, 1.807) is 6.20 Å². The van der Waals surface area contributed by atoms with E-state index in [0.29, 0.717) is 6.04 Å². The van der Waals surface area contributed by atoms with Crippen LogP contribution in [-0.2, 0) is 4.79 Å². The molecule has 5 nitrogen and oxygen atoms in total. The molecule has 2 aromatic heterocycles. The van der Waals surface area contributed by atoms with Crippen LogP contribution in [0.2, 0.25) is 0 Å². The summed E-state index contributed by atoms with van der Waals surface area (Å²) in [6.45, 7) is 6.31. The van der Waals surface area contributed by atoms with Gasteiger partial charge >= 0.3 is 5.97 Å². The summed E-state index contributed by atoms with van der Waals surface area (Å²) in [6, 6.07) is 2.25. The number of carboxylic acids is 1. The summed E-state index contributed by atoms with van der Waals surface area (Å²) < 4.78 is 2.12. The van der Waals surface area contributed by atoms with Crippen LogP contribution in [0.15, 0.2) is 17.4 Å². The van der Waals surface area contributed by atoms with Crippen LogP contribution in [-0.4, -0.2) is 31.4 Å². The molecule has 0 saturated carbocycles. The standard InChI is InChI=1S/C15H21N3O2S/c1-4-6-11(5-2)18-14-13(10(3)7-8-16-14)17-15(18)21-9-12(19)20/h7-8,11H,4-6,9H2,1-3H3,(H,19,20). The summed E-state index contributed by atoms with van der Waals surface area (Å²) in [5.41, 5.74) is 2.81. The number of fused-ring (bicyclic) bond motifs is 1. The topological polar surface area (TPSA) is 68.0 Å². The van der Waals surface area contributed by atoms with Crippen LogP contribution < -0.4 is 0 Å². The van der Waals surface area contributed by atoms with Crippen molar-refractivity contribution < 1.29 is 9.90 Å². The molecule has 6 heteroatoms. The minimum atomic E-state index is -0.827. The van der Waals surface area contributed by atoms with Gasteiger partial charge in [0, 0.05) is 12.2 Å². The summed E-state index contributed by atoms with van der Waals surface area (Å²) in [7, 11) is 0. The Kier molecular flexibility index (Phi) is 5.22. The van der Waals surface area contributed by atoms with Crippen LogP contribution in [0, 0.1) is 6.92 Å². The number of aromatic nitrogens is 3. The molecular formula is C15H21N3O2S. The molecule has 0 aliphatic heterocycles. The molecule has 0 aliphatic rings. The fourth-order valence-electron chi connectivity index (χ4n) is 2.50. The largest absolute Gasteiger partial charge is 0.481 e. The summed E-state index contributed by atoms with van der Waals surface area (Å²) in [4.78, 5) is 20.0. The molecule has 1 unspecified atom stereocenters.